The summed E-state index contributed by atoms with van der Waals surface area (Å²) in [6, 6.07) is 8.23. The van der Waals surface area contributed by atoms with E-state index in [9.17, 15) is 4.79 Å². The highest BCUT2D eigenvalue weighted by atomic mass is 16.2. The van der Waals surface area contributed by atoms with Gasteiger partial charge in [-0.3, -0.25) is 4.79 Å². The van der Waals surface area contributed by atoms with Gasteiger partial charge in [0.25, 0.3) is 0 Å². The van der Waals surface area contributed by atoms with Crippen LogP contribution in [0.25, 0.3) is 0 Å². The van der Waals surface area contributed by atoms with Crippen molar-refractivity contribution in [3.05, 3.63) is 29.8 Å². The highest BCUT2D eigenvalue weighted by molar-refractivity contribution is 5.95. The first-order valence-electron chi connectivity index (χ1n) is 8.72. The molecule has 4 saturated carbocycles. The monoisotopic (exact) mass is 298 g/mol. The van der Waals surface area contributed by atoms with Gasteiger partial charge in [0, 0.05) is 12.2 Å². The fourth-order valence-electron chi connectivity index (χ4n) is 5.62. The van der Waals surface area contributed by atoms with Crippen LogP contribution in [-0.4, -0.2) is 13.0 Å². The molecule has 0 radical (unpaired) electrons. The van der Waals surface area contributed by atoms with E-state index in [-0.39, 0.29) is 11.3 Å². The normalized spacial score (nSPS) is 35.6. The van der Waals surface area contributed by atoms with Crippen molar-refractivity contribution in [2.75, 3.05) is 12.4 Å². The Morgan fingerprint density at radius 1 is 1.14 bits per heavy atom. The number of hydrogen-bond acceptors (Lipinski definition) is 2. The highest BCUT2D eigenvalue weighted by Crippen LogP contribution is 2.60. The summed E-state index contributed by atoms with van der Waals surface area (Å²) in [6.45, 7) is 0.834. The van der Waals surface area contributed by atoms with Gasteiger partial charge in [-0.2, -0.15) is 0 Å². The van der Waals surface area contributed by atoms with E-state index < -0.39 is 0 Å². The minimum atomic E-state index is -0.0617. The third-order valence-corrected chi connectivity index (χ3v) is 6.09. The van der Waals surface area contributed by atoms with Crippen LogP contribution in [0.1, 0.15) is 44.1 Å². The lowest BCUT2D eigenvalue weighted by Gasteiger charge is -2.55. The van der Waals surface area contributed by atoms with Gasteiger partial charge >= 0.3 is 0 Å². The number of benzene rings is 1. The molecule has 0 aliphatic heterocycles. The van der Waals surface area contributed by atoms with Gasteiger partial charge in [-0.1, -0.05) is 12.1 Å². The van der Waals surface area contributed by atoms with E-state index in [2.05, 4.69) is 22.8 Å². The van der Waals surface area contributed by atoms with Crippen molar-refractivity contribution in [2.24, 2.45) is 23.2 Å². The number of anilines is 1. The van der Waals surface area contributed by atoms with Crippen LogP contribution in [0.5, 0.6) is 0 Å². The molecule has 0 saturated heterocycles. The lowest BCUT2D eigenvalue weighted by Crippen LogP contribution is -2.51. The van der Waals surface area contributed by atoms with Crippen LogP contribution in [0.2, 0.25) is 0 Å². The molecule has 1 aromatic rings. The zero-order valence-electron chi connectivity index (χ0n) is 13.4. The fraction of sp³-hybridized carbons (Fsp3) is 0.632. The molecule has 0 unspecified atom stereocenters. The maximum atomic E-state index is 13.0. The molecule has 3 nitrogen and oxygen atoms in total. The molecular weight excluding hydrogens is 272 g/mol. The van der Waals surface area contributed by atoms with Crippen molar-refractivity contribution in [2.45, 2.75) is 45.1 Å². The molecule has 0 spiro atoms. The smallest absolute Gasteiger partial charge is 0.230 e. The third-order valence-electron chi connectivity index (χ3n) is 6.09. The summed E-state index contributed by atoms with van der Waals surface area (Å²) in [4.78, 5) is 13.0. The van der Waals surface area contributed by atoms with Crippen molar-refractivity contribution >= 4 is 11.6 Å². The van der Waals surface area contributed by atoms with Crippen molar-refractivity contribution in [3.63, 3.8) is 0 Å². The molecule has 118 valence electrons. The summed E-state index contributed by atoms with van der Waals surface area (Å²) in [5, 5.41) is 6.39. The Bertz CT molecular complexity index is 545. The van der Waals surface area contributed by atoms with Gasteiger partial charge in [0.1, 0.15) is 0 Å². The lowest BCUT2D eigenvalue weighted by molar-refractivity contribution is -0.140. The summed E-state index contributed by atoms with van der Waals surface area (Å²) in [6.07, 6.45) is 7.52. The van der Waals surface area contributed by atoms with Crippen LogP contribution in [0, 0.1) is 23.2 Å². The number of hydrogen-bond donors (Lipinski definition) is 2. The first-order valence-corrected chi connectivity index (χ1v) is 8.72. The first-order chi connectivity index (χ1) is 10.7. The SMILES string of the molecule is CNCc1cccc(NC(=O)C23CC4CC(CC(C4)C2)C3)c1. The summed E-state index contributed by atoms with van der Waals surface area (Å²) >= 11 is 0. The van der Waals surface area contributed by atoms with Gasteiger partial charge in [0.05, 0.1) is 5.41 Å². The maximum Gasteiger partial charge on any atom is 0.230 e. The van der Waals surface area contributed by atoms with Crippen molar-refractivity contribution < 1.29 is 4.79 Å². The molecule has 0 heterocycles. The Kier molecular flexibility index (Phi) is 3.48. The zero-order valence-corrected chi connectivity index (χ0v) is 13.4. The van der Waals surface area contributed by atoms with Gasteiger partial charge in [-0.25, -0.2) is 0 Å². The Hall–Kier alpha value is -1.35. The Balaban J connectivity index is 1.51. The predicted molar refractivity (Wildman–Crippen MR) is 88.4 cm³/mol. The molecule has 2 N–H and O–H groups in total. The molecule has 1 amide bonds. The standard InChI is InChI=1S/C19H26N2O/c1-20-12-13-3-2-4-17(8-13)21-18(22)19-9-14-5-15(10-19)7-16(6-14)11-19/h2-4,8,14-16,20H,5-7,9-12H2,1H3,(H,21,22). The Labute approximate surface area is 132 Å². The molecule has 4 bridgehead atoms. The number of rotatable bonds is 4. The molecule has 4 aliphatic rings. The lowest BCUT2D eigenvalue weighted by atomic mass is 9.49. The second-order valence-corrected chi connectivity index (χ2v) is 7.88. The van der Waals surface area contributed by atoms with E-state index in [0.717, 1.165) is 49.2 Å². The van der Waals surface area contributed by atoms with Gasteiger partial charge in [-0.15, -0.1) is 0 Å². The van der Waals surface area contributed by atoms with Gasteiger partial charge in [-0.05, 0) is 81.0 Å². The van der Waals surface area contributed by atoms with E-state index in [1.807, 2.05) is 19.2 Å². The Morgan fingerprint density at radius 2 is 1.77 bits per heavy atom. The maximum absolute atomic E-state index is 13.0. The zero-order chi connectivity index (χ0) is 15.2. The molecule has 4 fully saturated rings. The van der Waals surface area contributed by atoms with E-state index in [1.165, 1.54) is 24.8 Å². The third kappa shape index (κ3) is 2.45. The van der Waals surface area contributed by atoms with Crippen LogP contribution in [-0.2, 0) is 11.3 Å². The quantitative estimate of drug-likeness (QED) is 0.892. The van der Waals surface area contributed by atoms with E-state index in [1.54, 1.807) is 0 Å². The molecule has 3 heteroatoms. The molecule has 22 heavy (non-hydrogen) atoms. The van der Waals surface area contributed by atoms with Crippen molar-refractivity contribution in [3.8, 4) is 0 Å². The van der Waals surface area contributed by atoms with Gasteiger partial charge in [0.15, 0.2) is 0 Å². The molecule has 5 rings (SSSR count). The molecule has 4 aliphatic carbocycles. The second-order valence-electron chi connectivity index (χ2n) is 7.88. The average molecular weight is 298 g/mol. The van der Waals surface area contributed by atoms with Gasteiger partial charge < -0.3 is 10.6 Å². The predicted octanol–water partition coefficient (Wildman–Crippen LogP) is 3.56. The number of carbonyl (C=O) groups is 1. The van der Waals surface area contributed by atoms with Crippen LogP contribution in [0.15, 0.2) is 24.3 Å². The van der Waals surface area contributed by atoms with Crippen LogP contribution >= 0.6 is 0 Å². The Morgan fingerprint density at radius 3 is 2.36 bits per heavy atom. The van der Waals surface area contributed by atoms with E-state index >= 15 is 0 Å². The first kappa shape index (κ1) is 14.3. The van der Waals surface area contributed by atoms with Crippen LogP contribution < -0.4 is 10.6 Å². The summed E-state index contributed by atoms with van der Waals surface area (Å²) < 4.78 is 0. The van der Waals surface area contributed by atoms with Gasteiger partial charge in [0.2, 0.25) is 5.91 Å². The topological polar surface area (TPSA) is 41.1 Å². The second kappa shape index (κ2) is 5.38. The van der Waals surface area contributed by atoms with Crippen molar-refractivity contribution in [1.82, 2.24) is 5.32 Å². The fourth-order valence-corrected chi connectivity index (χ4v) is 5.62. The average Bonchev–Trinajstić information content (AvgIpc) is 2.46. The minimum absolute atomic E-state index is 0.0617. The van der Waals surface area contributed by atoms with Crippen molar-refractivity contribution in [1.29, 1.82) is 0 Å². The largest absolute Gasteiger partial charge is 0.326 e. The number of carbonyl (C=O) groups excluding carboxylic acids is 1. The van der Waals surface area contributed by atoms with Crippen LogP contribution in [0.4, 0.5) is 5.69 Å². The minimum Gasteiger partial charge on any atom is -0.326 e. The van der Waals surface area contributed by atoms with E-state index in [4.69, 9.17) is 0 Å². The summed E-state index contributed by atoms with van der Waals surface area (Å²) in [5.74, 6) is 2.72. The molecule has 0 atom stereocenters. The number of nitrogens with one attached hydrogen (secondary N) is 2. The highest BCUT2D eigenvalue weighted by Gasteiger charge is 2.54. The number of amides is 1. The van der Waals surface area contributed by atoms with E-state index in [0.29, 0.717) is 0 Å². The summed E-state index contributed by atoms with van der Waals surface area (Å²) in [7, 11) is 1.95. The van der Waals surface area contributed by atoms with Crippen LogP contribution in [0.3, 0.4) is 0 Å². The summed E-state index contributed by atoms with van der Waals surface area (Å²) in [5.41, 5.74) is 2.10. The molecular formula is C19H26N2O. The molecule has 1 aromatic carbocycles. The molecule has 0 aromatic heterocycles.